The van der Waals surface area contributed by atoms with Gasteiger partial charge in [-0.2, -0.15) is 0 Å². The van der Waals surface area contributed by atoms with E-state index in [1.54, 1.807) is 11.1 Å². The summed E-state index contributed by atoms with van der Waals surface area (Å²) in [5.41, 5.74) is 2.33. The monoisotopic (exact) mass is 345 g/mol. The number of amides is 1. The summed E-state index contributed by atoms with van der Waals surface area (Å²) in [5, 5.41) is 0. The van der Waals surface area contributed by atoms with Crippen molar-refractivity contribution in [2.45, 2.75) is 19.8 Å². The molecule has 1 aromatic heterocycles. The lowest BCUT2D eigenvalue weighted by Crippen LogP contribution is -2.36. The van der Waals surface area contributed by atoms with Crippen molar-refractivity contribution in [3.63, 3.8) is 0 Å². The van der Waals surface area contributed by atoms with Gasteiger partial charge in [-0.1, -0.05) is 12.1 Å². The summed E-state index contributed by atoms with van der Waals surface area (Å²) < 4.78 is 27.1. The van der Waals surface area contributed by atoms with Crippen molar-refractivity contribution >= 4 is 11.6 Å². The molecular formula is C19H21F2N3O. The first-order valence-electron chi connectivity index (χ1n) is 8.42. The van der Waals surface area contributed by atoms with E-state index in [0.717, 1.165) is 30.3 Å². The Labute approximate surface area is 146 Å². The van der Waals surface area contributed by atoms with Gasteiger partial charge in [0.25, 0.3) is 0 Å². The van der Waals surface area contributed by atoms with E-state index in [0.29, 0.717) is 19.6 Å². The summed E-state index contributed by atoms with van der Waals surface area (Å²) in [6.45, 7) is 4.77. The molecule has 3 rings (SSSR count). The molecule has 0 unspecified atom stereocenters. The second kappa shape index (κ2) is 7.59. The molecule has 1 fully saturated rings. The second-order valence-corrected chi connectivity index (χ2v) is 6.27. The van der Waals surface area contributed by atoms with Gasteiger partial charge in [0.1, 0.15) is 0 Å². The molecule has 0 atom stereocenters. The zero-order valence-electron chi connectivity index (χ0n) is 14.2. The van der Waals surface area contributed by atoms with Gasteiger partial charge in [-0.25, -0.2) is 8.78 Å². The molecule has 2 heterocycles. The highest BCUT2D eigenvalue weighted by Crippen LogP contribution is 2.20. The summed E-state index contributed by atoms with van der Waals surface area (Å²) >= 11 is 0. The van der Waals surface area contributed by atoms with E-state index in [4.69, 9.17) is 0 Å². The Morgan fingerprint density at radius 1 is 1.16 bits per heavy atom. The third kappa shape index (κ3) is 3.95. The number of aryl methyl sites for hydroxylation is 1. The maximum atomic E-state index is 13.8. The van der Waals surface area contributed by atoms with E-state index < -0.39 is 11.6 Å². The Bertz CT molecular complexity index is 766. The predicted octanol–water partition coefficient (Wildman–Crippen LogP) is 2.95. The number of halogens is 2. The van der Waals surface area contributed by atoms with Crippen molar-refractivity contribution in [2.75, 3.05) is 31.1 Å². The fourth-order valence-corrected chi connectivity index (χ4v) is 3.19. The van der Waals surface area contributed by atoms with E-state index in [1.807, 2.05) is 19.2 Å². The lowest BCUT2D eigenvalue weighted by Gasteiger charge is -2.25. The lowest BCUT2D eigenvalue weighted by molar-refractivity contribution is -0.130. The van der Waals surface area contributed by atoms with Crippen molar-refractivity contribution < 1.29 is 13.6 Å². The molecule has 132 valence electrons. The molecule has 0 spiro atoms. The van der Waals surface area contributed by atoms with Crippen molar-refractivity contribution in [3.05, 3.63) is 59.4 Å². The van der Waals surface area contributed by atoms with Gasteiger partial charge in [0.15, 0.2) is 11.6 Å². The molecule has 0 aliphatic carbocycles. The molecule has 0 radical (unpaired) electrons. The first kappa shape index (κ1) is 17.3. The Morgan fingerprint density at radius 2 is 2.00 bits per heavy atom. The maximum absolute atomic E-state index is 13.8. The third-order valence-corrected chi connectivity index (χ3v) is 4.55. The minimum Gasteiger partial charge on any atom is -0.369 e. The highest BCUT2D eigenvalue weighted by Gasteiger charge is 2.21. The maximum Gasteiger partial charge on any atom is 0.227 e. The number of carbonyl (C=O) groups is 1. The number of anilines is 1. The van der Waals surface area contributed by atoms with Crippen LogP contribution in [-0.4, -0.2) is 42.0 Å². The van der Waals surface area contributed by atoms with E-state index in [2.05, 4.69) is 9.88 Å². The van der Waals surface area contributed by atoms with Crippen LogP contribution in [-0.2, 0) is 11.2 Å². The molecule has 1 aromatic carbocycles. The van der Waals surface area contributed by atoms with E-state index >= 15 is 0 Å². The highest BCUT2D eigenvalue weighted by atomic mass is 19.2. The number of rotatable bonds is 3. The minimum absolute atomic E-state index is 0.107. The highest BCUT2D eigenvalue weighted by molar-refractivity contribution is 5.79. The van der Waals surface area contributed by atoms with Crippen molar-refractivity contribution in [3.8, 4) is 0 Å². The van der Waals surface area contributed by atoms with Crippen molar-refractivity contribution in [2.24, 2.45) is 0 Å². The number of nitrogens with zero attached hydrogens (tertiary/aromatic N) is 3. The summed E-state index contributed by atoms with van der Waals surface area (Å²) in [6, 6.07) is 5.93. The van der Waals surface area contributed by atoms with Gasteiger partial charge in [-0.3, -0.25) is 9.78 Å². The number of pyridine rings is 1. The molecule has 25 heavy (non-hydrogen) atoms. The largest absolute Gasteiger partial charge is 0.369 e. The van der Waals surface area contributed by atoms with Crippen LogP contribution in [0.1, 0.15) is 17.5 Å². The number of hydrogen-bond donors (Lipinski definition) is 0. The molecule has 4 nitrogen and oxygen atoms in total. The SMILES string of the molecule is Cc1cnccc1N1CCCN(C(=O)Cc2cccc(F)c2F)CC1. The normalized spacial score (nSPS) is 15.2. The van der Waals surface area contributed by atoms with Crippen LogP contribution in [0.25, 0.3) is 0 Å². The first-order chi connectivity index (χ1) is 12.1. The zero-order chi connectivity index (χ0) is 17.8. The number of carbonyl (C=O) groups excluding carboxylic acids is 1. The lowest BCUT2D eigenvalue weighted by atomic mass is 10.1. The Kier molecular flexibility index (Phi) is 5.26. The Balaban J connectivity index is 1.66. The van der Waals surface area contributed by atoms with Gasteiger partial charge in [0.2, 0.25) is 5.91 Å². The topological polar surface area (TPSA) is 36.4 Å². The molecule has 1 saturated heterocycles. The summed E-state index contributed by atoms with van der Waals surface area (Å²) in [7, 11) is 0. The van der Waals surface area contributed by atoms with E-state index in [-0.39, 0.29) is 17.9 Å². The molecule has 2 aromatic rings. The second-order valence-electron chi connectivity index (χ2n) is 6.27. The number of hydrogen-bond acceptors (Lipinski definition) is 3. The van der Waals surface area contributed by atoms with Crippen molar-refractivity contribution in [1.29, 1.82) is 0 Å². The summed E-state index contributed by atoms with van der Waals surface area (Å²) in [4.78, 5) is 20.6. The van der Waals surface area contributed by atoms with Crippen LogP contribution in [0.3, 0.4) is 0 Å². The van der Waals surface area contributed by atoms with Gasteiger partial charge >= 0.3 is 0 Å². The van der Waals surface area contributed by atoms with Gasteiger partial charge in [-0.05, 0) is 31.0 Å². The predicted molar refractivity (Wildman–Crippen MR) is 92.4 cm³/mol. The zero-order valence-corrected chi connectivity index (χ0v) is 14.2. The average molecular weight is 345 g/mol. The molecule has 1 aliphatic heterocycles. The first-order valence-corrected chi connectivity index (χ1v) is 8.42. The molecular weight excluding hydrogens is 324 g/mol. The molecule has 0 bridgehead atoms. The van der Waals surface area contributed by atoms with E-state index in [9.17, 15) is 13.6 Å². The molecule has 0 saturated carbocycles. The van der Waals surface area contributed by atoms with Crippen LogP contribution in [0.2, 0.25) is 0 Å². The van der Waals surface area contributed by atoms with Crippen LogP contribution in [0.15, 0.2) is 36.7 Å². The summed E-state index contributed by atoms with van der Waals surface area (Å²) in [5.74, 6) is -2.02. The quantitative estimate of drug-likeness (QED) is 0.858. The summed E-state index contributed by atoms with van der Waals surface area (Å²) in [6.07, 6.45) is 4.32. The van der Waals surface area contributed by atoms with Crippen LogP contribution < -0.4 is 4.90 Å². The van der Waals surface area contributed by atoms with Crippen LogP contribution in [0.5, 0.6) is 0 Å². The van der Waals surface area contributed by atoms with Crippen LogP contribution in [0.4, 0.5) is 14.5 Å². The van der Waals surface area contributed by atoms with Gasteiger partial charge in [-0.15, -0.1) is 0 Å². The minimum atomic E-state index is -0.931. The fourth-order valence-electron chi connectivity index (χ4n) is 3.19. The average Bonchev–Trinajstić information content (AvgIpc) is 2.85. The Hall–Kier alpha value is -2.50. The fraction of sp³-hybridized carbons (Fsp3) is 0.368. The van der Waals surface area contributed by atoms with Crippen LogP contribution >= 0.6 is 0 Å². The molecule has 1 aliphatic rings. The van der Waals surface area contributed by atoms with Crippen molar-refractivity contribution in [1.82, 2.24) is 9.88 Å². The molecule has 1 amide bonds. The van der Waals surface area contributed by atoms with Gasteiger partial charge in [0.05, 0.1) is 6.42 Å². The molecule has 0 N–H and O–H groups in total. The van der Waals surface area contributed by atoms with E-state index in [1.165, 1.54) is 12.1 Å². The van der Waals surface area contributed by atoms with Gasteiger partial charge in [0, 0.05) is 49.8 Å². The molecule has 6 heteroatoms. The third-order valence-electron chi connectivity index (χ3n) is 4.55. The smallest absolute Gasteiger partial charge is 0.227 e. The standard InChI is InChI=1S/C19H21F2N3O/c1-14-13-22-7-6-17(14)23-8-3-9-24(11-10-23)18(25)12-15-4-2-5-16(20)19(15)21/h2,4-7,13H,3,8-12H2,1H3. The Morgan fingerprint density at radius 3 is 2.80 bits per heavy atom. The van der Waals surface area contributed by atoms with Gasteiger partial charge < -0.3 is 9.80 Å². The van der Waals surface area contributed by atoms with Crippen LogP contribution in [0, 0.1) is 18.6 Å². The number of aromatic nitrogens is 1. The number of benzene rings is 1.